The minimum atomic E-state index is 0.770. The number of ether oxygens (including phenoxy) is 3. The van der Waals surface area contributed by atoms with Gasteiger partial charge in [-0.2, -0.15) is 0 Å². The van der Waals surface area contributed by atoms with Gasteiger partial charge in [0.05, 0.1) is 14.2 Å². The maximum atomic E-state index is 5.54. The highest BCUT2D eigenvalue weighted by Gasteiger charge is 1.98. The Balaban J connectivity index is 1.93. The van der Waals surface area contributed by atoms with Gasteiger partial charge in [0.2, 0.25) is 0 Å². The van der Waals surface area contributed by atoms with Crippen molar-refractivity contribution in [1.29, 1.82) is 0 Å². The van der Waals surface area contributed by atoms with E-state index in [1.807, 2.05) is 48.5 Å². The molecule has 0 spiro atoms. The molecule has 0 saturated heterocycles. The molecule has 0 amide bonds. The molecule has 1 radical (unpaired) electrons. The standard InChI is InChI=1S/C15H15O3/c1-16-13-5-3-12(4-6-13)11-18-15-9-7-14(17-2)8-10-15/h3-11H,1-2H3. The van der Waals surface area contributed by atoms with Gasteiger partial charge in [-0.05, 0) is 42.0 Å². The Morgan fingerprint density at radius 2 is 1.11 bits per heavy atom. The van der Waals surface area contributed by atoms with Gasteiger partial charge in [0.15, 0.2) is 6.61 Å². The van der Waals surface area contributed by atoms with Crippen LogP contribution in [0.2, 0.25) is 0 Å². The van der Waals surface area contributed by atoms with Crippen LogP contribution in [0.15, 0.2) is 48.5 Å². The van der Waals surface area contributed by atoms with Crippen molar-refractivity contribution in [3.05, 3.63) is 60.7 Å². The lowest BCUT2D eigenvalue weighted by atomic mass is 10.2. The minimum Gasteiger partial charge on any atom is -0.497 e. The van der Waals surface area contributed by atoms with Crippen LogP contribution in [0.25, 0.3) is 0 Å². The Hall–Kier alpha value is -2.16. The average Bonchev–Trinajstić information content (AvgIpc) is 2.46. The maximum Gasteiger partial charge on any atom is 0.165 e. The molecule has 3 nitrogen and oxygen atoms in total. The van der Waals surface area contributed by atoms with Crippen molar-refractivity contribution in [3.63, 3.8) is 0 Å². The Morgan fingerprint density at radius 1 is 0.667 bits per heavy atom. The molecular weight excluding hydrogens is 228 g/mol. The first-order chi connectivity index (χ1) is 8.81. The summed E-state index contributed by atoms with van der Waals surface area (Å²) in [4.78, 5) is 0. The molecule has 0 aliphatic rings. The van der Waals surface area contributed by atoms with Gasteiger partial charge in [0.1, 0.15) is 17.2 Å². The van der Waals surface area contributed by atoms with E-state index in [1.165, 1.54) is 0 Å². The van der Waals surface area contributed by atoms with Crippen molar-refractivity contribution in [1.82, 2.24) is 0 Å². The quantitative estimate of drug-likeness (QED) is 0.806. The summed E-state index contributed by atoms with van der Waals surface area (Å²) in [5.74, 6) is 2.41. The highest BCUT2D eigenvalue weighted by Crippen LogP contribution is 2.19. The van der Waals surface area contributed by atoms with Crippen molar-refractivity contribution < 1.29 is 14.2 Å². The smallest absolute Gasteiger partial charge is 0.165 e. The third-order valence-electron chi connectivity index (χ3n) is 2.51. The molecule has 2 aromatic carbocycles. The van der Waals surface area contributed by atoms with E-state index in [0.717, 1.165) is 22.8 Å². The molecule has 0 atom stereocenters. The fourth-order valence-electron chi connectivity index (χ4n) is 1.47. The van der Waals surface area contributed by atoms with Crippen molar-refractivity contribution in [3.8, 4) is 17.2 Å². The summed E-state index contributed by atoms with van der Waals surface area (Å²) < 4.78 is 15.7. The summed E-state index contributed by atoms with van der Waals surface area (Å²) in [6, 6.07) is 15.1. The van der Waals surface area contributed by atoms with E-state index in [2.05, 4.69) is 0 Å². The van der Waals surface area contributed by atoms with E-state index in [9.17, 15) is 0 Å². The molecule has 3 heteroatoms. The van der Waals surface area contributed by atoms with Crippen molar-refractivity contribution in [2.24, 2.45) is 0 Å². The predicted octanol–water partition coefficient (Wildman–Crippen LogP) is 3.29. The molecule has 2 aromatic rings. The second kappa shape index (κ2) is 5.96. The van der Waals surface area contributed by atoms with Gasteiger partial charge < -0.3 is 14.2 Å². The zero-order valence-electron chi connectivity index (χ0n) is 10.4. The summed E-state index contributed by atoms with van der Waals surface area (Å²) in [6.45, 7) is 1.70. The Bertz CT molecular complexity index is 427. The van der Waals surface area contributed by atoms with E-state index in [0.29, 0.717) is 0 Å². The molecular formula is C15H15O3. The molecule has 0 N–H and O–H groups in total. The number of hydrogen-bond acceptors (Lipinski definition) is 3. The molecule has 0 bridgehead atoms. The Kier molecular flexibility index (Phi) is 4.07. The molecule has 0 saturated carbocycles. The topological polar surface area (TPSA) is 27.7 Å². The summed E-state index contributed by atoms with van der Waals surface area (Å²) in [5, 5.41) is 0. The van der Waals surface area contributed by atoms with Gasteiger partial charge in [-0.1, -0.05) is 12.1 Å². The fourth-order valence-corrected chi connectivity index (χ4v) is 1.47. The lowest BCUT2D eigenvalue weighted by molar-refractivity contribution is 0.407. The van der Waals surface area contributed by atoms with Gasteiger partial charge in [0, 0.05) is 0 Å². The fraction of sp³-hybridized carbons (Fsp3) is 0.133. The maximum absolute atomic E-state index is 5.54. The molecule has 2 rings (SSSR count). The Morgan fingerprint density at radius 3 is 1.61 bits per heavy atom. The first-order valence-electron chi connectivity index (χ1n) is 5.60. The third kappa shape index (κ3) is 3.17. The zero-order valence-corrected chi connectivity index (χ0v) is 10.4. The molecule has 0 heterocycles. The molecule has 0 unspecified atom stereocenters. The number of hydrogen-bond donors (Lipinski definition) is 0. The second-order valence-corrected chi connectivity index (χ2v) is 3.68. The van der Waals surface area contributed by atoms with E-state index < -0.39 is 0 Å². The highest BCUT2D eigenvalue weighted by molar-refractivity contribution is 5.34. The van der Waals surface area contributed by atoms with Crippen LogP contribution < -0.4 is 14.2 Å². The van der Waals surface area contributed by atoms with E-state index in [-0.39, 0.29) is 0 Å². The summed E-state index contributed by atoms with van der Waals surface area (Å²) in [7, 11) is 3.28. The van der Waals surface area contributed by atoms with Crippen LogP contribution in [0.4, 0.5) is 0 Å². The number of benzene rings is 2. The van der Waals surface area contributed by atoms with Crippen LogP contribution in [0, 0.1) is 6.61 Å². The molecule has 0 fully saturated rings. The summed E-state index contributed by atoms with van der Waals surface area (Å²) in [6.07, 6.45) is 0. The molecule has 93 valence electrons. The van der Waals surface area contributed by atoms with E-state index in [4.69, 9.17) is 14.2 Å². The van der Waals surface area contributed by atoms with E-state index >= 15 is 0 Å². The van der Waals surface area contributed by atoms with E-state index in [1.54, 1.807) is 20.8 Å². The summed E-state index contributed by atoms with van der Waals surface area (Å²) in [5.41, 5.74) is 0.978. The van der Waals surface area contributed by atoms with Gasteiger partial charge >= 0.3 is 0 Å². The second-order valence-electron chi connectivity index (χ2n) is 3.68. The molecule has 0 aliphatic heterocycles. The van der Waals surface area contributed by atoms with Crippen molar-refractivity contribution in [2.75, 3.05) is 14.2 Å². The largest absolute Gasteiger partial charge is 0.497 e. The highest BCUT2D eigenvalue weighted by atomic mass is 16.5. The van der Waals surface area contributed by atoms with Gasteiger partial charge in [0.25, 0.3) is 0 Å². The van der Waals surface area contributed by atoms with Crippen molar-refractivity contribution >= 4 is 0 Å². The van der Waals surface area contributed by atoms with Gasteiger partial charge in [-0.15, -0.1) is 0 Å². The zero-order chi connectivity index (χ0) is 12.8. The molecule has 0 aromatic heterocycles. The molecule has 0 aliphatic carbocycles. The third-order valence-corrected chi connectivity index (χ3v) is 2.51. The number of rotatable bonds is 5. The number of methoxy groups -OCH3 is 2. The minimum absolute atomic E-state index is 0.770. The van der Waals surface area contributed by atoms with Crippen molar-refractivity contribution in [2.45, 2.75) is 0 Å². The first kappa shape index (κ1) is 12.3. The van der Waals surface area contributed by atoms with Crippen LogP contribution in [-0.2, 0) is 0 Å². The lowest BCUT2D eigenvalue weighted by Crippen LogP contribution is -1.92. The molecule has 18 heavy (non-hydrogen) atoms. The average molecular weight is 243 g/mol. The normalized spacial score (nSPS) is 9.89. The van der Waals surface area contributed by atoms with Crippen LogP contribution in [0.1, 0.15) is 5.56 Å². The predicted molar refractivity (Wildman–Crippen MR) is 70.0 cm³/mol. The van der Waals surface area contributed by atoms with Gasteiger partial charge in [-0.25, -0.2) is 0 Å². The van der Waals surface area contributed by atoms with Gasteiger partial charge in [-0.3, -0.25) is 0 Å². The van der Waals surface area contributed by atoms with Crippen LogP contribution in [0.3, 0.4) is 0 Å². The SMILES string of the molecule is COc1ccc([CH]Oc2ccc(OC)cc2)cc1. The van der Waals surface area contributed by atoms with Crippen LogP contribution in [-0.4, -0.2) is 14.2 Å². The lowest BCUT2D eigenvalue weighted by Gasteiger charge is -2.06. The summed E-state index contributed by atoms with van der Waals surface area (Å²) >= 11 is 0. The van der Waals surface area contributed by atoms with Crippen LogP contribution in [0.5, 0.6) is 17.2 Å². The first-order valence-corrected chi connectivity index (χ1v) is 5.60. The monoisotopic (exact) mass is 243 g/mol. The van der Waals surface area contributed by atoms with Crippen LogP contribution >= 0.6 is 0 Å². The Labute approximate surface area is 107 Å².